The maximum atomic E-state index is 12.6. The molecule has 7 heteroatoms. The molecule has 4 aromatic rings. The molecule has 1 aliphatic heterocycles. The topological polar surface area (TPSA) is 66.3 Å². The summed E-state index contributed by atoms with van der Waals surface area (Å²) in [4.78, 5) is 26.4. The van der Waals surface area contributed by atoms with Crippen molar-refractivity contribution in [1.82, 2.24) is 19.4 Å². The summed E-state index contributed by atoms with van der Waals surface area (Å²) in [6, 6.07) is 21.3. The molecular formula is C27H26N6O. The zero-order valence-electron chi connectivity index (χ0n) is 19.1. The molecule has 1 saturated heterocycles. The first-order valence-electron chi connectivity index (χ1n) is 11.4. The monoisotopic (exact) mass is 450 g/mol. The molecule has 170 valence electrons. The van der Waals surface area contributed by atoms with Gasteiger partial charge in [0.05, 0.1) is 6.54 Å². The van der Waals surface area contributed by atoms with Gasteiger partial charge >= 0.3 is 0 Å². The molecule has 2 aromatic heterocycles. The Morgan fingerprint density at radius 2 is 1.71 bits per heavy atom. The second-order valence-electron chi connectivity index (χ2n) is 8.36. The predicted octanol–water partition coefficient (Wildman–Crippen LogP) is 3.34. The molecule has 2 aromatic carbocycles. The van der Waals surface area contributed by atoms with Crippen LogP contribution in [0.4, 0.5) is 17.3 Å². The second kappa shape index (κ2) is 9.77. The lowest BCUT2D eigenvalue weighted by Gasteiger charge is -2.34. The van der Waals surface area contributed by atoms with E-state index in [4.69, 9.17) is 0 Å². The van der Waals surface area contributed by atoms with E-state index in [2.05, 4.69) is 56.1 Å². The van der Waals surface area contributed by atoms with Gasteiger partial charge in [-0.3, -0.25) is 9.36 Å². The third-order valence-corrected chi connectivity index (χ3v) is 5.96. The molecule has 5 rings (SSSR count). The summed E-state index contributed by atoms with van der Waals surface area (Å²) >= 11 is 0. The molecule has 7 nitrogen and oxygen atoms in total. The van der Waals surface area contributed by atoms with Gasteiger partial charge in [-0.25, -0.2) is 4.98 Å². The minimum Gasteiger partial charge on any atom is -0.369 e. The van der Waals surface area contributed by atoms with Crippen LogP contribution in [0.1, 0.15) is 5.56 Å². The van der Waals surface area contributed by atoms with Crippen molar-refractivity contribution in [2.75, 3.05) is 43.4 Å². The van der Waals surface area contributed by atoms with Crippen LogP contribution in [-0.4, -0.2) is 52.7 Å². The van der Waals surface area contributed by atoms with Crippen LogP contribution in [0.3, 0.4) is 0 Å². The highest BCUT2D eigenvalue weighted by atomic mass is 16.1. The van der Waals surface area contributed by atoms with Gasteiger partial charge < -0.3 is 15.1 Å². The first-order chi connectivity index (χ1) is 16.7. The van der Waals surface area contributed by atoms with Crippen molar-refractivity contribution in [3.8, 4) is 11.8 Å². The standard InChI is InChI=1S/C27H26N6O/c1-31-16-18-32(19-17-31)24-12-10-23(11-13-24)29-27-28-20-22-9-14-25(34)33(26(22)30-27)15-5-8-21-6-3-2-4-7-21/h2-4,6-7,9-14,20H,15-19H2,1H3,(H,28,29,30). The molecule has 0 radical (unpaired) electrons. The quantitative estimate of drug-likeness (QED) is 0.481. The number of benzene rings is 2. The van der Waals surface area contributed by atoms with E-state index >= 15 is 0 Å². The zero-order valence-corrected chi connectivity index (χ0v) is 19.1. The smallest absolute Gasteiger partial charge is 0.253 e. The lowest BCUT2D eigenvalue weighted by molar-refractivity contribution is 0.313. The molecule has 0 saturated carbocycles. The highest BCUT2D eigenvalue weighted by Crippen LogP contribution is 2.21. The minimum absolute atomic E-state index is 0.143. The summed E-state index contributed by atoms with van der Waals surface area (Å²) in [5.74, 6) is 6.62. The Bertz CT molecular complexity index is 1390. The van der Waals surface area contributed by atoms with E-state index in [-0.39, 0.29) is 12.1 Å². The molecular weight excluding hydrogens is 424 g/mol. The van der Waals surface area contributed by atoms with Crippen LogP contribution < -0.4 is 15.8 Å². The third-order valence-electron chi connectivity index (χ3n) is 5.96. The molecule has 0 aliphatic carbocycles. The number of piperazine rings is 1. The Morgan fingerprint density at radius 1 is 0.941 bits per heavy atom. The van der Waals surface area contributed by atoms with Crippen LogP contribution in [-0.2, 0) is 6.54 Å². The first-order valence-corrected chi connectivity index (χ1v) is 11.4. The van der Waals surface area contributed by atoms with Crippen molar-refractivity contribution >= 4 is 28.4 Å². The Labute approximate surface area is 198 Å². The van der Waals surface area contributed by atoms with Crippen molar-refractivity contribution in [2.24, 2.45) is 0 Å². The van der Waals surface area contributed by atoms with Crippen LogP contribution in [0.25, 0.3) is 11.0 Å². The van der Waals surface area contributed by atoms with Crippen molar-refractivity contribution < 1.29 is 0 Å². The molecule has 0 spiro atoms. The normalized spacial score (nSPS) is 14.0. The molecule has 1 N–H and O–H groups in total. The molecule has 0 atom stereocenters. The average Bonchev–Trinajstić information content (AvgIpc) is 2.87. The predicted molar refractivity (Wildman–Crippen MR) is 137 cm³/mol. The fourth-order valence-corrected chi connectivity index (χ4v) is 3.98. The molecule has 0 amide bonds. The Hall–Kier alpha value is -4.15. The van der Waals surface area contributed by atoms with Crippen LogP contribution in [0.15, 0.2) is 77.7 Å². The summed E-state index contributed by atoms with van der Waals surface area (Å²) in [5, 5.41) is 4.05. The van der Waals surface area contributed by atoms with Gasteiger partial charge in [-0.1, -0.05) is 30.0 Å². The lowest BCUT2D eigenvalue weighted by Crippen LogP contribution is -2.44. The first kappa shape index (κ1) is 21.7. The van der Waals surface area contributed by atoms with E-state index in [0.29, 0.717) is 11.6 Å². The van der Waals surface area contributed by atoms with Crippen molar-refractivity contribution in [3.05, 3.63) is 88.8 Å². The highest BCUT2D eigenvalue weighted by molar-refractivity contribution is 5.76. The summed E-state index contributed by atoms with van der Waals surface area (Å²) < 4.78 is 1.58. The number of pyridine rings is 1. The average molecular weight is 451 g/mol. The molecule has 0 bridgehead atoms. The van der Waals surface area contributed by atoms with Crippen LogP contribution in [0.2, 0.25) is 0 Å². The maximum absolute atomic E-state index is 12.6. The van der Waals surface area contributed by atoms with Crippen LogP contribution in [0, 0.1) is 11.8 Å². The van der Waals surface area contributed by atoms with Crippen LogP contribution in [0.5, 0.6) is 0 Å². The molecule has 1 fully saturated rings. The Kier molecular flexibility index (Phi) is 6.23. The van der Waals surface area contributed by atoms with Gasteiger partial charge in [-0.2, -0.15) is 4.98 Å². The number of rotatable bonds is 4. The largest absolute Gasteiger partial charge is 0.369 e. The summed E-state index contributed by atoms with van der Waals surface area (Å²) in [6.07, 6.45) is 1.73. The summed E-state index contributed by atoms with van der Waals surface area (Å²) in [5.41, 5.74) is 3.43. The van der Waals surface area contributed by atoms with Gasteiger partial charge in [0.25, 0.3) is 5.56 Å². The van der Waals surface area contributed by atoms with Gasteiger partial charge in [0.2, 0.25) is 5.95 Å². The minimum atomic E-state index is -0.143. The lowest BCUT2D eigenvalue weighted by atomic mass is 10.2. The fourth-order valence-electron chi connectivity index (χ4n) is 3.98. The van der Waals surface area contributed by atoms with Crippen molar-refractivity contribution in [3.63, 3.8) is 0 Å². The van der Waals surface area contributed by atoms with Gasteiger partial charge in [-0.15, -0.1) is 0 Å². The number of fused-ring (bicyclic) bond motifs is 1. The van der Waals surface area contributed by atoms with Gasteiger partial charge in [-0.05, 0) is 49.5 Å². The van der Waals surface area contributed by atoms with E-state index < -0.39 is 0 Å². The van der Waals surface area contributed by atoms with Crippen LogP contribution >= 0.6 is 0 Å². The second-order valence-corrected chi connectivity index (χ2v) is 8.36. The van der Waals surface area contributed by atoms with Gasteiger partial charge in [0, 0.05) is 60.8 Å². The van der Waals surface area contributed by atoms with Gasteiger partial charge in [0.15, 0.2) is 0 Å². The Morgan fingerprint density at radius 3 is 2.47 bits per heavy atom. The third kappa shape index (κ3) is 4.92. The fraction of sp³-hybridized carbons (Fsp3) is 0.222. The number of aromatic nitrogens is 3. The van der Waals surface area contributed by atoms with E-state index in [1.807, 2.05) is 42.5 Å². The molecule has 0 unspecified atom stereocenters. The molecule has 1 aliphatic rings. The number of nitrogens with zero attached hydrogens (tertiary/aromatic N) is 5. The highest BCUT2D eigenvalue weighted by Gasteiger charge is 2.14. The number of likely N-dealkylation sites (N-methyl/N-ethyl adjacent to an activating group) is 1. The van der Waals surface area contributed by atoms with Gasteiger partial charge in [0.1, 0.15) is 5.65 Å². The van der Waals surface area contributed by atoms with Crippen molar-refractivity contribution in [1.29, 1.82) is 0 Å². The van der Waals surface area contributed by atoms with E-state index in [1.165, 1.54) is 11.8 Å². The van der Waals surface area contributed by atoms with E-state index in [9.17, 15) is 4.79 Å². The zero-order chi connectivity index (χ0) is 23.3. The number of anilines is 3. The summed E-state index contributed by atoms with van der Waals surface area (Å²) in [7, 11) is 2.16. The Balaban J connectivity index is 1.36. The SMILES string of the molecule is CN1CCN(c2ccc(Nc3ncc4ccc(=O)n(CC#Cc5ccccc5)c4n3)cc2)CC1. The number of nitrogens with one attached hydrogen (secondary N) is 1. The van der Waals surface area contributed by atoms with Crippen molar-refractivity contribution in [2.45, 2.75) is 6.54 Å². The van der Waals surface area contributed by atoms with E-state index in [0.717, 1.165) is 42.8 Å². The number of hydrogen-bond donors (Lipinski definition) is 1. The number of hydrogen-bond acceptors (Lipinski definition) is 6. The maximum Gasteiger partial charge on any atom is 0.253 e. The van der Waals surface area contributed by atoms with E-state index in [1.54, 1.807) is 16.8 Å². The molecule has 3 heterocycles. The molecule has 34 heavy (non-hydrogen) atoms. The summed E-state index contributed by atoms with van der Waals surface area (Å²) in [6.45, 7) is 4.45.